The number of benzene rings is 2. The number of hydrogen-bond donors (Lipinski definition) is 1. The van der Waals surface area contributed by atoms with E-state index in [1.54, 1.807) is 24.3 Å². The maximum Gasteiger partial charge on any atom is 0.169 e. The molecule has 0 aromatic heterocycles. The molecule has 0 bridgehead atoms. The molecule has 1 atom stereocenters. The highest BCUT2D eigenvalue weighted by Gasteiger charge is 2.16. The van der Waals surface area contributed by atoms with E-state index < -0.39 is 11.9 Å². The van der Waals surface area contributed by atoms with Crippen molar-refractivity contribution in [3.63, 3.8) is 0 Å². The van der Waals surface area contributed by atoms with Gasteiger partial charge >= 0.3 is 0 Å². The summed E-state index contributed by atoms with van der Waals surface area (Å²) in [6, 6.07) is 11.5. The second kappa shape index (κ2) is 5.71. The summed E-state index contributed by atoms with van der Waals surface area (Å²) in [5.74, 6) is 0.794. The van der Waals surface area contributed by atoms with Crippen LogP contribution in [-0.4, -0.2) is 12.2 Å². The Morgan fingerprint density at radius 1 is 1.00 bits per heavy atom. The molecule has 2 aromatic rings. The average molecular weight is 262 g/mol. The number of halogens is 1. The van der Waals surface area contributed by atoms with Crippen LogP contribution < -0.4 is 9.47 Å². The fraction of sp³-hybridized carbons (Fsp3) is 0.200. The normalized spacial score (nSPS) is 12.0. The Kier molecular flexibility index (Phi) is 4.02. The maximum atomic E-state index is 13.7. The zero-order valence-electron chi connectivity index (χ0n) is 10.8. The number of rotatable bonds is 4. The van der Waals surface area contributed by atoms with Crippen LogP contribution in [0.1, 0.15) is 18.6 Å². The Bertz CT molecular complexity index is 567. The number of methoxy groups -OCH3 is 1. The van der Waals surface area contributed by atoms with Crippen molar-refractivity contribution >= 4 is 0 Å². The molecule has 0 fully saturated rings. The van der Waals surface area contributed by atoms with Gasteiger partial charge in [0.15, 0.2) is 11.5 Å². The Hall–Kier alpha value is -2.07. The molecule has 0 saturated carbocycles. The minimum absolute atomic E-state index is 0.133. The Morgan fingerprint density at radius 2 is 1.63 bits per heavy atom. The molecule has 0 aliphatic carbocycles. The molecular weight excluding hydrogens is 247 g/mol. The van der Waals surface area contributed by atoms with Gasteiger partial charge in [-0.2, -0.15) is 0 Å². The molecule has 0 spiro atoms. The summed E-state index contributed by atoms with van der Waals surface area (Å²) in [6.45, 7) is 1.49. The van der Waals surface area contributed by atoms with E-state index in [2.05, 4.69) is 0 Å². The van der Waals surface area contributed by atoms with E-state index in [4.69, 9.17) is 9.47 Å². The zero-order valence-corrected chi connectivity index (χ0v) is 10.8. The number of aliphatic hydroxyl groups excluding tert-OH is 1. The van der Waals surface area contributed by atoms with Crippen LogP contribution in [0.4, 0.5) is 4.39 Å². The van der Waals surface area contributed by atoms with Crippen LogP contribution in [0.25, 0.3) is 0 Å². The predicted octanol–water partition coefficient (Wildman–Crippen LogP) is 3.68. The fourth-order valence-corrected chi connectivity index (χ4v) is 1.83. The highest BCUT2D eigenvalue weighted by molar-refractivity contribution is 5.45. The Balaban J connectivity index is 2.41. The van der Waals surface area contributed by atoms with Crippen molar-refractivity contribution in [1.29, 1.82) is 0 Å². The summed E-state index contributed by atoms with van der Waals surface area (Å²) in [7, 11) is 1.53. The van der Waals surface area contributed by atoms with Crippen molar-refractivity contribution in [2.45, 2.75) is 13.0 Å². The van der Waals surface area contributed by atoms with E-state index in [0.717, 1.165) is 0 Å². The maximum absolute atomic E-state index is 13.7. The minimum Gasteiger partial charge on any atom is -0.493 e. The van der Waals surface area contributed by atoms with Gasteiger partial charge < -0.3 is 14.6 Å². The van der Waals surface area contributed by atoms with Crippen LogP contribution >= 0.6 is 0 Å². The second-order valence-electron chi connectivity index (χ2n) is 4.08. The smallest absolute Gasteiger partial charge is 0.169 e. The predicted molar refractivity (Wildman–Crippen MR) is 70.1 cm³/mol. The van der Waals surface area contributed by atoms with Crippen molar-refractivity contribution in [1.82, 2.24) is 0 Å². The summed E-state index contributed by atoms with van der Waals surface area (Å²) < 4.78 is 24.5. The molecule has 3 nitrogen and oxygen atoms in total. The van der Waals surface area contributed by atoms with Crippen molar-refractivity contribution in [3.05, 3.63) is 53.8 Å². The molecule has 19 heavy (non-hydrogen) atoms. The Morgan fingerprint density at radius 3 is 2.26 bits per heavy atom. The lowest BCUT2D eigenvalue weighted by molar-refractivity contribution is 0.190. The van der Waals surface area contributed by atoms with Gasteiger partial charge in [-0.1, -0.05) is 18.2 Å². The van der Waals surface area contributed by atoms with Crippen LogP contribution in [0.15, 0.2) is 42.5 Å². The van der Waals surface area contributed by atoms with Crippen LogP contribution in [0.3, 0.4) is 0 Å². The quantitative estimate of drug-likeness (QED) is 0.913. The summed E-state index contributed by atoms with van der Waals surface area (Å²) in [6.07, 6.45) is -0.953. The lowest BCUT2D eigenvalue weighted by Gasteiger charge is -2.15. The number of ether oxygens (including phenoxy) is 2. The molecule has 100 valence electrons. The first-order valence-electron chi connectivity index (χ1n) is 5.91. The molecule has 0 radical (unpaired) electrons. The standard InChI is InChI=1S/C15H15FO3/c1-10(17)15-11(16)6-5-9-14(15)19-13-8-4-3-7-12(13)18-2/h3-10,17H,1-2H3. The van der Waals surface area contributed by atoms with Crippen molar-refractivity contribution < 1.29 is 19.0 Å². The van der Waals surface area contributed by atoms with E-state index in [1.807, 2.05) is 6.07 Å². The van der Waals surface area contributed by atoms with Crippen molar-refractivity contribution in [2.75, 3.05) is 7.11 Å². The first kappa shape index (κ1) is 13.4. The molecule has 0 heterocycles. The van der Waals surface area contributed by atoms with Gasteiger partial charge in [0.1, 0.15) is 11.6 Å². The third-order valence-corrected chi connectivity index (χ3v) is 2.72. The minimum atomic E-state index is -0.953. The second-order valence-corrected chi connectivity index (χ2v) is 4.08. The molecule has 0 aliphatic heterocycles. The summed E-state index contributed by atoms with van der Waals surface area (Å²) in [4.78, 5) is 0. The lowest BCUT2D eigenvalue weighted by atomic mass is 10.1. The molecule has 2 rings (SSSR count). The molecule has 0 saturated heterocycles. The number of hydrogen-bond acceptors (Lipinski definition) is 3. The van der Waals surface area contributed by atoms with Gasteiger partial charge in [0.2, 0.25) is 0 Å². The van der Waals surface area contributed by atoms with E-state index in [0.29, 0.717) is 11.5 Å². The Labute approximate surface area is 111 Å². The first-order chi connectivity index (χ1) is 9.13. The van der Waals surface area contributed by atoms with Crippen LogP contribution in [0.2, 0.25) is 0 Å². The molecule has 4 heteroatoms. The van der Waals surface area contributed by atoms with Gasteiger partial charge in [0.25, 0.3) is 0 Å². The highest BCUT2D eigenvalue weighted by atomic mass is 19.1. The fourth-order valence-electron chi connectivity index (χ4n) is 1.83. The third kappa shape index (κ3) is 2.85. The van der Waals surface area contributed by atoms with E-state index in [1.165, 1.54) is 26.2 Å². The lowest BCUT2D eigenvalue weighted by Crippen LogP contribution is -2.00. The van der Waals surface area contributed by atoms with Gasteiger partial charge in [0, 0.05) is 0 Å². The van der Waals surface area contributed by atoms with Gasteiger partial charge in [0.05, 0.1) is 18.8 Å². The number of para-hydroxylation sites is 2. The molecule has 2 aromatic carbocycles. The molecule has 0 aliphatic rings. The van der Waals surface area contributed by atoms with Crippen LogP contribution in [0.5, 0.6) is 17.2 Å². The summed E-state index contributed by atoms with van der Waals surface area (Å²) in [5.41, 5.74) is 0.133. The van der Waals surface area contributed by atoms with Gasteiger partial charge in [-0.25, -0.2) is 4.39 Å². The van der Waals surface area contributed by atoms with Gasteiger partial charge in [-0.3, -0.25) is 0 Å². The highest BCUT2D eigenvalue weighted by Crippen LogP contribution is 2.35. The van der Waals surface area contributed by atoms with Crippen LogP contribution in [-0.2, 0) is 0 Å². The van der Waals surface area contributed by atoms with E-state index in [-0.39, 0.29) is 11.3 Å². The third-order valence-electron chi connectivity index (χ3n) is 2.72. The average Bonchev–Trinajstić information content (AvgIpc) is 2.39. The first-order valence-corrected chi connectivity index (χ1v) is 5.91. The number of aliphatic hydroxyl groups is 1. The molecule has 1 N–H and O–H groups in total. The molecule has 0 amide bonds. The largest absolute Gasteiger partial charge is 0.493 e. The van der Waals surface area contributed by atoms with Gasteiger partial charge in [-0.05, 0) is 31.2 Å². The summed E-state index contributed by atoms with van der Waals surface area (Å²) >= 11 is 0. The van der Waals surface area contributed by atoms with E-state index in [9.17, 15) is 9.50 Å². The molecular formula is C15H15FO3. The molecule has 1 unspecified atom stereocenters. The zero-order chi connectivity index (χ0) is 13.8. The van der Waals surface area contributed by atoms with Gasteiger partial charge in [-0.15, -0.1) is 0 Å². The van der Waals surface area contributed by atoms with Crippen molar-refractivity contribution in [2.24, 2.45) is 0 Å². The SMILES string of the molecule is COc1ccccc1Oc1cccc(F)c1C(C)O. The van der Waals surface area contributed by atoms with E-state index >= 15 is 0 Å². The van der Waals surface area contributed by atoms with Crippen LogP contribution in [0, 0.1) is 5.82 Å². The topological polar surface area (TPSA) is 38.7 Å². The monoisotopic (exact) mass is 262 g/mol. The summed E-state index contributed by atoms with van der Waals surface area (Å²) in [5, 5.41) is 9.64. The van der Waals surface area contributed by atoms with Crippen molar-refractivity contribution in [3.8, 4) is 17.2 Å².